The third kappa shape index (κ3) is 2.02. The Morgan fingerprint density at radius 1 is 1.83 bits per heavy atom. The van der Waals surface area contributed by atoms with Crippen LogP contribution in [0.4, 0.5) is 0 Å². The van der Waals surface area contributed by atoms with E-state index >= 15 is 0 Å². The largest absolute Gasteiger partial charge is 0.351 e. The number of nitrogens with one attached hydrogen (secondary N) is 2. The minimum atomic E-state index is -0.159. The van der Waals surface area contributed by atoms with Crippen LogP contribution in [0.15, 0.2) is 5.38 Å². The van der Waals surface area contributed by atoms with Crippen LogP contribution in [0, 0.1) is 0 Å². The number of amides is 1. The summed E-state index contributed by atoms with van der Waals surface area (Å²) in [5.41, 5.74) is 7.44. The summed E-state index contributed by atoms with van der Waals surface area (Å²) in [4.78, 5) is 15.1. The highest BCUT2D eigenvalue weighted by Gasteiger charge is 2.07. The number of hydrogen-bond donors (Lipinski definition) is 1. The quantitative estimate of drug-likeness (QED) is 0.750. The van der Waals surface area contributed by atoms with E-state index in [4.69, 9.17) is 5.73 Å². The SMILES string of the molecule is CCNC(=O)c1csc(C[NH])n1. The molecule has 0 saturated heterocycles. The molecule has 65 valence electrons. The molecule has 1 amide bonds. The molecular weight excluding hydrogens is 174 g/mol. The maximum absolute atomic E-state index is 11.1. The number of carbonyl (C=O) groups is 1. The first-order valence-corrected chi connectivity index (χ1v) is 4.53. The maximum atomic E-state index is 11.1. The van der Waals surface area contributed by atoms with Crippen LogP contribution < -0.4 is 11.1 Å². The highest BCUT2D eigenvalue weighted by Crippen LogP contribution is 2.08. The standard InChI is InChI=1S/C7H10N3OS/c1-2-9-7(11)5-4-12-6(3-8)10-5/h4,8H,2-3H2,1H3,(H,9,11). The summed E-state index contributed by atoms with van der Waals surface area (Å²) < 4.78 is 0. The number of aromatic nitrogens is 1. The molecule has 1 aromatic rings. The van der Waals surface area contributed by atoms with Crippen LogP contribution in [0.3, 0.4) is 0 Å². The van der Waals surface area contributed by atoms with Crippen molar-refractivity contribution >= 4 is 17.2 Å². The molecule has 4 nitrogen and oxygen atoms in total. The monoisotopic (exact) mass is 184 g/mol. The van der Waals surface area contributed by atoms with Crippen molar-refractivity contribution in [3.05, 3.63) is 16.1 Å². The van der Waals surface area contributed by atoms with Crippen molar-refractivity contribution in [3.8, 4) is 0 Å². The molecule has 12 heavy (non-hydrogen) atoms. The number of carbonyl (C=O) groups excluding carboxylic acids is 1. The lowest BCUT2D eigenvalue weighted by Crippen LogP contribution is -2.22. The molecule has 0 bridgehead atoms. The van der Waals surface area contributed by atoms with Crippen LogP contribution >= 0.6 is 11.3 Å². The molecule has 0 atom stereocenters. The normalized spacial score (nSPS) is 9.83. The van der Waals surface area contributed by atoms with Gasteiger partial charge in [-0.1, -0.05) is 0 Å². The minimum absolute atomic E-state index is 0.143. The molecule has 0 aliphatic carbocycles. The van der Waals surface area contributed by atoms with E-state index in [1.54, 1.807) is 5.38 Å². The van der Waals surface area contributed by atoms with Crippen LogP contribution in [0.5, 0.6) is 0 Å². The van der Waals surface area contributed by atoms with Gasteiger partial charge in [0, 0.05) is 11.9 Å². The Hall–Kier alpha value is -0.940. The Morgan fingerprint density at radius 2 is 2.58 bits per heavy atom. The smallest absolute Gasteiger partial charge is 0.270 e. The average molecular weight is 184 g/mol. The Labute approximate surface area is 74.8 Å². The predicted molar refractivity (Wildman–Crippen MR) is 46.9 cm³/mol. The van der Waals surface area contributed by atoms with Crippen molar-refractivity contribution in [1.29, 1.82) is 0 Å². The first-order chi connectivity index (χ1) is 5.77. The molecule has 5 heteroatoms. The van der Waals surface area contributed by atoms with Crippen LogP contribution in [0.25, 0.3) is 0 Å². The summed E-state index contributed by atoms with van der Waals surface area (Å²) in [5.74, 6) is -0.159. The van der Waals surface area contributed by atoms with Crippen LogP contribution in [0.1, 0.15) is 22.4 Å². The van der Waals surface area contributed by atoms with Crippen molar-refractivity contribution in [2.75, 3.05) is 6.54 Å². The minimum Gasteiger partial charge on any atom is -0.351 e. The van der Waals surface area contributed by atoms with E-state index in [0.29, 0.717) is 17.2 Å². The van der Waals surface area contributed by atoms with Crippen LogP contribution in [0.2, 0.25) is 0 Å². The molecule has 1 radical (unpaired) electrons. The molecular formula is C7H10N3OS. The molecule has 0 aromatic carbocycles. The molecule has 1 rings (SSSR count). The van der Waals surface area contributed by atoms with Crippen LogP contribution in [-0.2, 0) is 6.54 Å². The molecule has 0 unspecified atom stereocenters. The van der Waals surface area contributed by atoms with E-state index in [-0.39, 0.29) is 12.5 Å². The molecule has 1 heterocycles. The lowest BCUT2D eigenvalue weighted by molar-refractivity contribution is 0.0951. The zero-order chi connectivity index (χ0) is 8.97. The molecule has 0 spiro atoms. The Balaban J connectivity index is 2.68. The third-order valence-electron chi connectivity index (χ3n) is 1.27. The zero-order valence-corrected chi connectivity index (χ0v) is 7.57. The average Bonchev–Trinajstić information content (AvgIpc) is 2.52. The fourth-order valence-electron chi connectivity index (χ4n) is 0.747. The van der Waals surface area contributed by atoms with Crippen molar-refractivity contribution in [1.82, 2.24) is 16.0 Å². The number of rotatable bonds is 3. The van der Waals surface area contributed by atoms with E-state index < -0.39 is 0 Å². The van der Waals surface area contributed by atoms with E-state index in [1.165, 1.54) is 11.3 Å². The number of hydrogen-bond acceptors (Lipinski definition) is 3. The topological polar surface area (TPSA) is 65.8 Å². The summed E-state index contributed by atoms with van der Waals surface area (Å²) >= 11 is 1.34. The number of nitrogens with zero attached hydrogens (tertiary/aromatic N) is 1. The second-order valence-corrected chi connectivity index (χ2v) is 3.11. The van der Waals surface area contributed by atoms with Gasteiger partial charge in [-0.25, -0.2) is 4.98 Å². The van der Waals surface area contributed by atoms with E-state index in [2.05, 4.69) is 10.3 Å². The van der Waals surface area contributed by atoms with Gasteiger partial charge in [0.1, 0.15) is 10.7 Å². The van der Waals surface area contributed by atoms with E-state index in [0.717, 1.165) is 0 Å². The maximum Gasteiger partial charge on any atom is 0.270 e. The highest BCUT2D eigenvalue weighted by atomic mass is 32.1. The summed E-state index contributed by atoms with van der Waals surface area (Å²) in [5, 5.41) is 5.00. The lowest BCUT2D eigenvalue weighted by Gasteiger charge is -1.95. The first-order valence-electron chi connectivity index (χ1n) is 3.65. The number of thiazole rings is 1. The van der Waals surface area contributed by atoms with Crippen molar-refractivity contribution in [2.45, 2.75) is 13.5 Å². The third-order valence-corrected chi connectivity index (χ3v) is 2.12. The van der Waals surface area contributed by atoms with Gasteiger partial charge in [-0.3, -0.25) is 10.5 Å². The second-order valence-electron chi connectivity index (χ2n) is 2.16. The Bertz CT molecular complexity index is 271. The Kier molecular flexibility index (Phi) is 3.19. The second kappa shape index (κ2) is 4.18. The van der Waals surface area contributed by atoms with Gasteiger partial charge < -0.3 is 5.32 Å². The molecule has 2 N–H and O–H groups in total. The van der Waals surface area contributed by atoms with E-state index in [1.807, 2.05) is 6.92 Å². The van der Waals surface area contributed by atoms with E-state index in [9.17, 15) is 4.79 Å². The van der Waals surface area contributed by atoms with Gasteiger partial charge in [0.05, 0.1) is 6.54 Å². The predicted octanol–water partition coefficient (Wildman–Crippen LogP) is 0.676. The van der Waals surface area contributed by atoms with Gasteiger partial charge in [0.2, 0.25) is 0 Å². The van der Waals surface area contributed by atoms with Crippen LogP contribution in [-0.4, -0.2) is 17.4 Å². The zero-order valence-electron chi connectivity index (χ0n) is 6.76. The fraction of sp³-hybridized carbons (Fsp3) is 0.429. The summed E-state index contributed by atoms with van der Waals surface area (Å²) in [6.45, 7) is 2.60. The van der Waals surface area contributed by atoms with Gasteiger partial charge in [-0.15, -0.1) is 11.3 Å². The molecule has 0 aliphatic rings. The van der Waals surface area contributed by atoms with Gasteiger partial charge in [0.15, 0.2) is 0 Å². The van der Waals surface area contributed by atoms with Gasteiger partial charge in [-0.05, 0) is 6.92 Å². The molecule has 0 fully saturated rings. The molecule has 0 saturated carbocycles. The first kappa shape index (κ1) is 9.15. The van der Waals surface area contributed by atoms with Crippen molar-refractivity contribution in [3.63, 3.8) is 0 Å². The lowest BCUT2D eigenvalue weighted by atomic mass is 10.4. The fourth-order valence-corrected chi connectivity index (χ4v) is 1.39. The summed E-state index contributed by atoms with van der Waals surface area (Å²) in [6.07, 6.45) is 0. The van der Waals surface area contributed by atoms with Crippen molar-refractivity contribution in [2.24, 2.45) is 0 Å². The summed E-state index contributed by atoms with van der Waals surface area (Å²) in [6, 6.07) is 0. The van der Waals surface area contributed by atoms with Crippen molar-refractivity contribution < 1.29 is 4.79 Å². The molecule has 0 aliphatic heterocycles. The van der Waals surface area contributed by atoms with Gasteiger partial charge in [-0.2, -0.15) is 0 Å². The Morgan fingerprint density at radius 3 is 3.08 bits per heavy atom. The highest BCUT2D eigenvalue weighted by molar-refractivity contribution is 7.09. The summed E-state index contributed by atoms with van der Waals surface area (Å²) in [7, 11) is 0. The van der Waals surface area contributed by atoms with Gasteiger partial charge in [0.25, 0.3) is 5.91 Å². The molecule has 1 aromatic heterocycles. The van der Waals surface area contributed by atoms with Gasteiger partial charge >= 0.3 is 0 Å².